The third-order valence-electron chi connectivity index (χ3n) is 3.65. The molecule has 0 spiro atoms. The molecule has 1 aromatic carbocycles. The highest BCUT2D eigenvalue weighted by molar-refractivity contribution is 5.18. The summed E-state index contributed by atoms with van der Waals surface area (Å²) in [6.07, 6.45) is 2.38. The molecule has 0 aliphatic heterocycles. The molecule has 0 saturated carbocycles. The maximum Gasteiger partial charge on any atom is 0.123 e. The van der Waals surface area contributed by atoms with Crippen molar-refractivity contribution in [3.63, 3.8) is 0 Å². The van der Waals surface area contributed by atoms with Gasteiger partial charge in [-0.3, -0.25) is 0 Å². The minimum Gasteiger partial charge on any atom is -0.374 e. The van der Waals surface area contributed by atoms with Crippen molar-refractivity contribution < 1.29 is 9.13 Å². The maximum absolute atomic E-state index is 13.2. The molecule has 1 rings (SSSR count). The minimum absolute atomic E-state index is 0.116. The lowest BCUT2D eigenvalue weighted by atomic mass is 9.85. The second-order valence-electron chi connectivity index (χ2n) is 4.65. The third-order valence-corrected chi connectivity index (χ3v) is 3.65. The second-order valence-corrected chi connectivity index (χ2v) is 4.65. The molecule has 1 aromatic rings. The molecular formula is C15H24FNO. The number of benzene rings is 1. The van der Waals surface area contributed by atoms with Crippen LogP contribution in [0.1, 0.15) is 39.2 Å². The highest BCUT2D eigenvalue weighted by atomic mass is 19.1. The minimum atomic E-state index is -0.304. The zero-order chi connectivity index (χ0) is 13.6. The molecule has 0 radical (unpaired) electrons. The molecule has 0 saturated heterocycles. The molecule has 18 heavy (non-hydrogen) atoms. The fourth-order valence-electron chi connectivity index (χ4n) is 2.48. The lowest BCUT2D eigenvalue weighted by Gasteiger charge is -2.37. The Labute approximate surface area is 109 Å². The first kappa shape index (κ1) is 15.1. The van der Waals surface area contributed by atoms with Crippen LogP contribution >= 0.6 is 0 Å². The zero-order valence-electron chi connectivity index (χ0n) is 11.6. The topological polar surface area (TPSA) is 35.2 Å². The molecular weight excluding hydrogens is 229 g/mol. The lowest BCUT2D eigenvalue weighted by molar-refractivity contribution is -0.0633. The van der Waals surface area contributed by atoms with Gasteiger partial charge in [-0.05, 0) is 43.9 Å². The van der Waals surface area contributed by atoms with E-state index in [-0.39, 0.29) is 17.5 Å². The number of hydrogen-bond acceptors (Lipinski definition) is 2. The molecule has 3 heteroatoms. The molecule has 0 bridgehead atoms. The number of nitrogens with two attached hydrogens (primary N) is 1. The largest absolute Gasteiger partial charge is 0.374 e. The van der Waals surface area contributed by atoms with Crippen molar-refractivity contribution in [1.82, 2.24) is 0 Å². The number of hydrogen-bond donors (Lipinski definition) is 1. The Balaban J connectivity index is 2.81. The van der Waals surface area contributed by atoms with Crippen LogP contribution in [0.3, 0.4) is 0 Å². The number of ether oxygens (including phenoxy) is 1. The summed E-state index contributed by atoms with van der Waals surface area (Å²) in [6.45, 7) is 6.81. The van der Waals surface area contributed by atoms with Gasteiger partial charge in [0.1, 0.15) is 5.82 Å². The molecule has 1 atom stereocenters. The third kappa shape index (κ3) is 3.53. The van der Waals surface area contributed by atoms with Crippen molar-refractivity contribution in [2.45, 2.75) is 51.7 Å². The van der Waals surface area contributed by atoms with E-state index in [1.54, 1.807) is 12.1 Å². The summed E-state index contributed by atoms with van der Waals surface area (Å²) in [6, 6.07) is 6.50. The summed E-state index contributed by atoms with van der Waals surface area (Å²) >= 11 is 0. The summed E-state index contributed by atoms with van der Waals surface area (Å²) in [5, 5.41) is 0. The van der Waals surface area contributed by atoms with E-state index in [2.05, 4.69) is 13.8 Å². The lowest BCUT2D eigenvalue weighted by Crippen LogP contribution is -2.50. The Morgan fingerprint density at radius 1 is 1.28 bits per heavy atom. The Bertz CT molecular complexity index is 363. The Morgan fingerprint density at radius 3 is 2.44 bits per heavy atom. The van der Waals surface area contributed by atoms with E-state index in [1.165, 1.54) is 6.07 Å². The molecule has 0 aliphatic rings. The predicted molar refractivity (Wildman–Crippen MR) is 73.0 cm³/mol. The average Bonchev–Trinajstić information content (AvgIpc) is 2.36. The first-order valence-electron chi connectivity index (χ1n) is 6.72. The van der Waals surface area contributed by atoms with E-state index < -0.39 is 0 Å². The van der Waals surface area contributed by atoms with Gasteiger partial charge >= 0.3 is 0 Å². The molecule has 2 nitrogen and oxygen atoms in total. The van der Waals surface area contributed by atoms with Crippen LogP contribution in [0.4, 0.5) is 4.39 Å². The predicted octanol–water partition coefficient (Wildman–Crippen LogP) is 3.29. The Hall–Kier alpha value is -0.930. The van der Waals surface area contributed by atoms with Crippen molar-refractivity contribution in [3.8, 4) is 0 Å². The van der Waals surface area contributed by atoms with Crippen molar-refractivity contribution in [2.24, 2.45) is 5.73 Å². The number of halogens is 1. The van der Waals surface area contributed by atoms with Gasteiger partial charge in [0.25, 0.3) is 0 Å². The monoisotopic (exact) mass is 253 g/mol. The van der Waals surface area contributed by atoms with E-state index in [1.807, 2.05) is 13.0 Å². The van der Waals surface area contributed by atoms with Gasteiger partial charge in [0.05, 0.1) is 5.60 Å². The van der Waals surface area contributed by atoms with Crippen molar-refractivity contribution >= 4 is 0 Å². The van der Waals surface area contributed by atoms with E-state index in [4.69, 9.17) is 10.5 Å². The summed E-state index contributed by atoms with van der Waals surface area (Å²) < 4.78 is 19.0. The van der Waals surface area contributed by atoms with Gasteiger partial charge in [0.15, 0.2) is 0 Å². The van der Waals surface area contributed by atoms with Gasteiger partial charge in [-0.2, -0.15) is 0 Å². The van der Waals surface area contributed by atoms with Gasteiger partial charge in [0.2, 0.25) is 0 Å². The molecule has 0 aromatic heterocycles. The van der Waals surface area contributed by atoms with Crippen LogP contribution in [0.5, 0.6) is 0 Å². The number of rotatable bonds is 7. The molecule has 0 heterocycles. The maximum atomic E-state index is 13.2. The van der Waals surface area contributed by atoms with Crippen LogP contribution in [-0.2, 0) is 11.2 Å². The zero-order valence-corrected chi connectivity index (χ0v) is 11.6. The first-order chi connectivity index (χ1) is 8.57. The fourth-order valence-corrected chi connectivity index (χ4v) is 2.48. The van der Waals surface area contributed by atoms with Crippen molar-refractivity contribution in [3.05, 3.63) is 35.6 Å². The van der Waals surface area contributed by atoms with Crippen LogP contribution in [-0.4, -0.2) is 18.2 Å². The summed E-state index contributed by atoms with van der Waals surface area (Å²) in [5.74, 6) is -0.213. The first-order valence-corrected chi connectivity index (χ1v) is 6.72. The van der Waals surface area contributed by atoms with Crippen molar-refractivity contribution in [1.29, 1.82) is 0 Å². The summed E-state index contributed by atoms with van der Waals surface area (Å²) in [5.41, 5.74) is 6.91. The summed E-state index contributed by atoms with van der Waals surface area (Å²) in [7, 11) is 0. The molecule has 1 unspecified atom stereocenters. The molecule has 0 aliphatic carbocycles. The van der Waals surface area contributed by atoms with E-state index >= 15 is 0 Å². The van der Waals surface area contributed by atoms with Crippen LogP contribution in [0.25, 0.3) is 0 Å². The van der Waals surface area contributed by atoms with E-state index in [0.717, 1.165) is 18.4 Å². The molecule has 102 valence electrons. The quantitative estimate of drug-likeness (QED) is 0.809. The van der Waals surface area contributed by atoms with Gasteiger partial charge in [-0.1, -0.05) is 26.0 Å². The van der Waals surface area contributed by atoms with Gasteiger partial charge in [0, 0.05) is 12.6 Å². The van der Waals surface area contributed by atoms with Gasteiger partial charge in [-0.25, -0.2) is 4.39 Å². The van der Waals surface area contributed by atoms with Crippen LogP contribution in [0, 0.1) is 5.82 Å². The van der Waals surface area contributed by atoms with Crippen molar-refractivity contribution in [2.75, 3.05) is 6.61 Å². The van der Waals surface area contributed by atoms with Gasteiger partial charge < -0.3 is 10.5 Å². The van der Waals surface area contributed by atoms with E-state index in [9.17, 15) is 4.39 Å². The average molecular weight is 253 g/mol. The van der Waals surface area contributed by atoms with Gasteiger partial charge in [-0.15, -0.1) is 0 Å². The molecule has 0 fully saturated rings. The SMILES string of the molecule is CCOC(CC)(CC)C(N)Cc1cccc(F)c1. The van der Waals surface area contributed by atoms with E-state index in [0.29, 0.717) is 13.0 Å². The summed E-state index contributed by atoms with van der Waals surface area (Å²) in [4.78, 5) is 0. The fraction of sp³-hybridized carbons (Fsp3) is 0.600. The normalized spacial score (nSPS) is 13.6. The van der Waals surface area contributed by atoms with Crippen LogP contribution in [0.2, 0.25) is 0 Å². The molecule has 0 amide bonds. The highest BCUT2D eigenvalue weighted by Crippen LogP contribution is 2.26. The standard InChI is InChI=1S/C15H24FNO/c1-4-15(5-2,18-6-3)14(17)11-12-8-7-9-13(16)10-12/h7-10,14H,4-6,11,17H2,1-3H3. The van der Waals surface area contributed by atoms with Crippen LogP contribution in [0.15, 0.2) is 24.3 Å². The Kier molecular flexibility index (Phi) is 5.76. The molecule has 2 N–H and O–H groups in total. The van der Waals surface area contributed by atoms with Crippen LogP contribution < -0.4 is 5.73 Å². The second kappa shape index (κ2) is 6.86. The Morgan fingerprint density at radius 2 is 1.94 bits per heavy atom. The smallest absolute Gasteiger partial charge is 0.123 e. The highest BCUT2D eigenvalue weighted by Gasteiger charge is 2.33.